The molecule has 0 bridgehead atoms. The molecule has 0 aliphatic rings. The number of aromatic nitrogens is 2. The average molecular weight is 477 g/mol. The van der Waals surface area contributed by atoms with Crippen LogP contribution < -0.4 is 4.74 Å². The highest BCUT2D eigenvalue weighted by molar-refractivity contribution is 5.68. The first-order valence-corrected chi connectivity index (χ1v) is 12.2. The Morgan fingerprint density at radius 3 is 1.94 bits per heavy atom. The van der Waals surface area contributed by atoms with Crippen molar-refractivity contribution in [2.45, 2.75) is 58.5 Å². The Bertz CT molecular complexity index is 1170. The maximum atomic E-state index is 12.3. The van der Waals surface area contributed by atoms with Gasteiger partial charge in [0.25, 0.3) is 5.89 Å². The van der Waals surface area contributed by atoms with E-state index in [9.17, 15) is 8.78 Å². The number of halogens is 2. The second kappa shape index (κ2) is 12.2. The van der Waals surface area contributed by atoms with Gasteiger partial charge in [-0.05, 0) is 53.8 Å². The van der Waals surface area contributed by atoms with Gasteiger partial charge in [-0.2, -0.15) is 13.8 Å². The van der Waals surface area contributed by atoms with E-state index in [0.29, 0.717) is 17.3 Å². The van der Waals surface area contributed by atoms with Crippen LogP contribution in [0.1, 0.15) is 51.0 Å². The van der Waals surface area contributed by atoms with Gasteiger partial charge in [0.05, 0.1) is 0 Å². The highest BCUT2D eigenvalue weighted by atomic mass is 19.3. The van der Waals surface area contributed by atoms with Crippen LogP contribution in [0.5, 0.6) is 5.75 Å². The van der Waals surface area contributed by atoms with Crippen molar-refractivity contribution in [3.8, 4) is 39.7 Å². The molecule has 0 atom stereocenters. The summed E-state index contributed by atoms with van der Waals surface area (Å²) in [4.78, 5) is 4.44. The molecule has 182 valence electrons. The Balaban J connectivity index is 1.35. The van der Waals surface area contributed by atoms with E-state index >= 15 is 0 Å². The molecule has 35 heavy (non-hydrogen) atoms. The summed E-state index contributed by atoms with van der Waals surface area (Å²) in [5.74, 6) is 0.858. The van der Waals surface area contributed by atoms with Gasteiger partial charge >= 0.3 is 6.61 Å². The van der Waals surface area contributed by atoms with Gasteiger partial charge in [-0.15, -0.1) is 0 Å². The summed E-state index contributed by atoms with van der Waals surface area (Å²) in [6.45, 7) is -0.612. The molecule has 0 spiro atoms. The first kappa shape index (κ1) is 24.6. The van der Waals surface area contributed by atoms with Crippen molar-refractivity contribution in [2.75, 3.05) is 0 Å². The van der Waals surface area contributed by atoms with Crippen LogP contribution in [-0.2, 0) is 6.42 Å². The topological polar surface area (TPSA) is 48.2 Å². The first-order valence-electron chi connectivity index (χ1n) is 12.2. The molecule has 0 saturated heterocycles. The van der Waals surface area contributed by atoms with Crippen LogP contribution in [0.3, 0.4) is 0 Å². The Labute approximate surface area is 205 Å². The van der Waals surface area contributed by atoms with Gasteiger partial charge in [0.1, 0.15) is 5.75 Å². The molecular formula is C29H30F2N2O2. The fourth-order valence-corrected chi connectivity index (χ4v) is 4.02. The molecule has 4 nitrogen and oxygen atoms in total. The summed E-state index contributed by atoms with van der Waals surface area (Å²) in [6, 6.07) is 22.9. The second-order valence-electron chi connectivity index (χ2n) is 8.62. The summed E-state index contributed by atoms with van der Waals surface area (Å²) in [5, 5.41) is 4.06. The SMILES string of the molecule is CCCCCCCCc1ccc(-c2ccc(-c3noc(-c4ccc(OC(F)F)cc4)n3)cc2)cc1. The second-order valence-corrected chi connectivity index (χ2v) is 8.62. The zero-order valence-corrected chi connectivity index (χ0v) is 19.9. The quantitative estimate of drug-likeness (QED) is 0.192. The van der Waals surface area contributed by atoms with E-state index in [-0.39, 0.29) is 5.75 Å². The van der Waals surface area contributed by atoms with Crippen LogP contribution in [0.25, 0.3) is 34.0 Å². The van der Waals surface area contributed by atoms with Crippen LogP contribution in [0.4, 0.5) is 8.78 Å². The van der Waals surface area contributed by atoms with Crippen molar-refractivity contribution in [1.29, 1.82) is 0 Å². The Hall–Kier alpha value is -3.54. The minimum absolute atomic E-state index is 0.0783. The van der Waals surface area contributed by atoms with Crippen molar-refractivity contribution in [2.24, 2.45) is 0 Å². The third kappa shape index (κ3) is 6.98. The van der Waals surface area contributed by atoms with Crippen molar-refractivity contribution >= 4 is 0 Å². The lowest BCUT2D eigenvalue weighted by molar-refractivity contribution is -0.0498. The van der Waals surface area contributed by atoms with Crippen LogP contribution in [0, 0.1) is 0 Å². The number of hydrogen-bond acceptors (Lipinski definition) is 4. The summed E-state index contributed by atoms with van der Waals surface area (Å²) >= 11 is 0. The normalized spacial score (nSPS) is 11.2. The lowest BCUT2D eigenvalue weighted by Crippen LogP contribution is -2.01. The maximum Gasteiger partial charge on any atom is 0.387 e. The third-order valence-corrected chi connectivity index (χ3v) is 6.00. The van der Waals surface area contributed by atoms with Crippen LogP contribution in [0.15, 0.2) is 77.3 Å². The smallest absolute Gasteiger partial charge is 0.387 e. The largest absolute Gasteiger partial charge is 0.435 e. The van der Waals surface area contributed by atoms with Crippen molar-refractivity contribution in [1.82, 2.24) is 10.1 Å². The monoisotopic (exact) mass is 476 g/mol. The number of alkyl halides is 2. The molecule has 0 unspecified atom stereocenters. The predicted octanol–water partition coefficient (Wildman–Crippen LogP) is 8.58. The Kier molecular flexibility index (Phi) is 8.60. The molecule has 0 saturated carbocycles. The lowest BCUT2D eigenvalue weighted by Gasteiger charge is -2.06. The van der Waals surface area contributed by atoms with E-state index in [4.69, 9.17) is 4.52 Å². The minimum Gasteiger partial charge on any atom is -0.435 e. The number of rotatable bonds is 12. The Morgan fingerprint density at radius 2 is 1.29 bits per heavy atom. The van der Waals surface area contributed by atoms with E-state index in [1.54, 1.807) is 12.1 Å². The van der Waals surface area contributed by atoms with Gasteiger partial charge < -0.3 is 9.26 Å². The van der Waals surface area contributed by atoms with E-state index in [0.717, 1.165) is 17.5 Å². The van der Waals surface area contributed by atoms with Crippen molar-refractivity contribution < 1.29 is 18.0 Å². The zero-order chi connectivity index (χ0) is 24.5. The van der Waals surface area contributed by atoms with Crippen LogP contribution in [0.2, 0.25) is 0 Å². The van der Waals surface area contributed by atoms with Gasteiger partial charge in [-0.3, -0.25) is 0 Å². The molecule has 0 aliphatic heterocycles. The van der Waals surface area contributed by atoms with Crippen LogP contribution >= 0.6 is 0 Å². The molecule has 4 rings (SSSR count). The average Bonchev–Trinajstić information content (AvgIpc) is 3.37. The van der Waals surface area contributed by atoms with E-state index < -0.39 is 6.61 Å². The predicted molar refractivity (Wildman–Crippen MR) is 134 cm³/mol. The van der Waals surface area contributed by atoms with Gasteiger partial charge in [-0.25, -0.2) is 0 Å². The highest BCUT2D eigenvalue weighted by Gasteiger charge is 2.12. The van der Waals surface area contributed by atoms with E-state index in [1.165, 1.54) is 61.8 Å². The fourth-order valence-electron chi connectivity index (χ4n) is 4.02. The molecule has 0 amide bonds. The van der Waals surface area contributed by atoms with Crippen molar-refractivity contribution in [3.05, 3.63) is 78.4 Å². The Morgan fingerprint density at radius 1 is 0.714 bits per heavy atom. The number of hydrogen-bond donors (Lipinski definition) is 0. The number of nitrogens with zero attached hydrogens (tertiary/aromatic N) is 2. The number of benzene rings is 3. The van der Waals surface area contributed by atoms with Gasteiger partial charge in [0.15, 0.2) is 0 Å². The molecule has 1 aromatic heterocycles. The van der Waals surface area contributed by atoms with Gasteiger partial charge in [-0.1, -0.05) is 92.7 Å². The molecule has 4 aromatic rings. The molecule has 0 aliphatic carbocycles. The molecule has 1 heterocycles. The molecule has 6 heteroatoms. The number of aryl methyl sites for hydroxylation is 1. The third-order valence-electron chi connectivity index (χ3n) is 6.00. The highest BCUT2D eigenvalue weighted by Crippen LogP contribution is 2.27. The minimum atomic E-state index is -2.86. The first-order chi connectivity index (χ1) is 17.1. The van der Waals surface area contributed by atoms with Gasteiger partial charge in [0.2, 0.25) is 5.82 Å². The summed E-state index contributed by atoms with van der Waals surface area (Å²) in [7, 11) is 0. The lowest BCUT2D eigenvalue weighted by atomic mass is 10.00. The summed E-state index contributed by atoms with van der Waals surface area (Å²) in [6.07, 6.45) is 9.00. The van der Waals surface area contributed by atoms with E-state index in [1.807, 2.05) is 24.3 Å². The fraction of sp³-hybridized carbons (Fsp3) is 0.310. The van der Waals surface area contributed by atoms with Gasteiger partial charge in [0, 0.05) is 11.1 Å². The summed E-state index contributed by atoms with van der Waals surface area (Å²) in [5.41, 5.74) is 5.14. The number of unbranched alkanes of at least 4 members (excludes halogenated alkanes) is 5. The molecule has 0 N–H and O–H groups in total. The summed E-state index contributed by atoms with van der Waals surface area (Å²) < 4.78 is 34.4. The molecule has 0 radical (unpaired) electrons. The maximum absolute atomic E-state index is 12.3. The standard InChI is InChI=1S/C29H30F2N2O2/c1-2-3-4-5-6-7-8-21-9-11-22(12-10-21)23-13-15-24(16-14-23)27-32-28(35-33-27)25-17-19-26(20-18-25)34-29(30)31/h9-20,29H,2-8H2,1H3. The molecule has 0 fully saturated rings. The van der Waals surface area contributed by atoms with Crippen LogP contribution in [-0.4, -0.2) is 16.8 Å². The molecular weight excluding hydrogens is 446 g/mol. The number of ether oxygens (including phenoxy) is 1. The van der Waals surface area contributed by atoms with Crippen molar-refractivity contribution in [3.63, 3.8) is 0 Å². The van der Waals surface area contributed by atoms with E-state index in [2.05, 4.69) is 46.1 Å². The zero-order valence-electron chi connectivity index (χ0n) is 19.9. The molecule has 3 aromatic carbocycles.